The Hall–Kier alpha value is -0.730. The Balaban J connectivity index is 2.01. The van der Waals surface area contributed by atoms with Gasteiger partial charge < -0.3 is 9.84 Å². The van der Waals surface area contributed by atoms with Gasteiger partial charge in [-0.2, -0.15) is 0 Å². The summed E-state index contributed by atoms with van der Waals surface area (Å²) < 4.78 is 5.51. The number of benzene rings is 1. The second-order valence-corrected chi connectivity index (χ2v) is 3.69. The Morgan fingerprint density at radius 3 is 2.77 bits per heavy atom. The van der Waals surface area contributed by atoms with Crippen molar-refractivity contribution in [3.05, 3.63) is 29.3 Å². The minimum atomic E-state index is -0.306. The Morgan fingerprint density at radius 1 is 1.38 bits per heavy atom. The van der Waals surface area contributed by atoms with Crippen LogP contribution in [0.1, 0.15) is 12.8 Å². The van der Waals surface area contributed by atoms with Crippen LogP contribution >= 0.6 is 11.6 Å². The number of ether oxygens (including phenoxy) is 1. The van der Waals surface area contributed by atoms with Gasteiger partial charge >= 0.3 is 0 Å². The molecule has 2 nitrogen and oxygen atoms in total. The van der Waals surface area contributed by atoms with Crippen LogP contribution in [0.3, 0.4) is 0 Å². The predicted molar refractivity (Wildman–Crippen MR) is 51.1 cm³/mol. The normalized spacial score (nSPS) is 26.6. The molecule has 1 N–H and O–H groups in total. The van der Waals surface area contributed by atoms with E-state index in [1.165, 1.54) is 0 Å². The molecule has 1 fully saturated rings. The highest BCUT2D eigenvalue weighted by Crippen LogP contribution is 2.26. The van der Waals surface area contributed by atoms with Crippen LogP contribution in [-0.2, 0) is 0 Å². The van der Waals surface area contributed by atoms with E-state index in [0.29, 0.717) is 5.02 Å². The molecule has 0 amide bonds. The van der Waals surface area contributed by atoms with Crippen molar-refractivity contribution < 1.29 is 9.84 Å². The lowest BCUT2D eigenvalue weighted by atomic mass is 9.92. The van der Waals surface area contributed by atoms with Crippen molar-refractivity contribution in [3.63, 3.8) is 0 Å². The minimum Gasteiger partial charge on any atom is -0.488 e. The molecule has 3 heteroatoms. The van der Waals surface area contributed by atoms with Crippen LogP contribution in [0.2, 0.25) is 5.02 Å². The third kappa shape index (κ3) is 1.95. The molecule has 0 spiro atoms. The summed E-state index contributed by atoms with van der Waals surface area (Å²) in [7, 11) is 0. The van der Waals surface area contributed by atoms with E-state index in [0.717, 1.165) is 18.6 Å². The van der Waals surface area contributed by atoms with Crippen molar-refractivity contribution in [2.24, 2.45) is 0 Å². The molecule has 2 rings (SSSR count). The van der Waals surface area contributed by atoms with Gasteiger partial charge in [0.2, 0.25) is 0 Å². The van der Waals surface area contributed by atoms with E-state index in [1.807, 2.05) is 12.1 Å². The van der Waals surface area contributed by atoms with Crippen LogP contribution < -0.4 is 4.74 Å². The largest absolute Gasteiger partial charge is 0.488 e. The maximum absolute atomic E-state index is 9.28. The summed E-state index contributed by atoms with van der Waals surface area (Å²) >= 11 is 5.78. The number of rotatable bonds is 2. The van der Waals surface area contributed by atoms with E-state index in [4.69, 9.17) is 16.3 Å². The van der Waals surface area contributed by atoms with Gasteiger partial charge in [-0.25, -0.2) is 0 Å². The van der Waals surface area contributed by atoms with Gasteiger partial charge in [-0.3, -0.25) is 0 Å². The van der Waals surface area contributed by atoms with Gasteiger partial charge in [0, 0.05) is 5.02 Å². The second-order valence-electron chi connectivity index (χ2n) is 3.26. The lowest BCUT2D eigenvalue weighted by Gasteiger charge is -2.32. The highest BCUT2D eigenvalue weighted by atomic mass is 35.5. The van der Waals surface area contributed by atoms with Crippen molar-refractivity contribution in [1.29, 1.82) is 0 Å². The fourth-order valence-electron chi connectivity index (χ4n) is 1.30. The van der Waals surface area contributed by atoms with E-state index in [2.05, 4.69) is 0 Å². The van der Waals surface area contributed by atoms with E-state index < -0.39 is 0 Å². The minimum absolute atomic E-state index is 0.0431. The van der Waals surface area contributed by atoms with Gasteiger partial charge in [-0.15, -0.1) is 0 Å². The smallest absolute Gasteiger partial charge is 0.125 e. The van der Waals surface area contributed by atoms with Gasteiger partial charge in [0.1, 0.15) is 11.9 Å². The zero-order valence-electron chi connectivity index (χ0n) is 7.11. The van der Waals surface area contributed by atoms with Crippen molar-refractivity contribution in [2.45, 2.75) is 25.0 Å². The summed E-state index contributed by atoms with van der Waals surface area (Å²) in [5.41, 5.74) is 0. The summed E-state index contributed by atoms with van der Waals surface area (Å²) in [6.07, 6.45) is 1.41. The Kier molecular flexibility index (Phi) is 2.42. The first-order chi connectivity index (χ1) is 6.25. The predicted octanol–water partition coefficient (Wildman–Crippen LogP) is 2.24. The Labute approximate surface area is 82.1 Å². The molecule has 1 aliphatic carbocycles. The Bertz CT molecular complexity index is 301. The number of aliphatic hydroxyl groups is 1. The van der Waals surface area contributed by atoms with E-state index in [-0.39, 0.29) is 12.2 Å². The molecule has 13 heavy (non-hydrogen) atoms. The van der Waals surface area contributed by atoms with Crippen LogP contribution in [0.5, 0.6) is 5.75 Å². The Morgan fingerprint density at radius 2 is 2.23 bits per heavy atom. The standard InChI is InChI=1S/C10H11ClO2/c11-7-2-1-3-8(6-7)13-10-5-4-9(10)12/h1-3,6,9-10,12H,4-5H2. The molecule has 70 valence electrons. The molecule has 0 heterocycles. The third-order valence-electron chi connectivity index (χ3n) is 2.26. The summed E-state index contributed by atoms with van der Waals surface area (Å²) in [5, 5.41) is 9.94. The molecule has 0 bridgehead atoms. The summed E-state index contributed by atoms with van der Waals surface area (Å²) in [6, 6.07) is 7.23. The van der Waals surface area contributed by atoms with E-state index >= 15 is 0 Å². The number of hydrogen-bond donors (Lipinski definition) is 1. The fourth-order valence-corrected chi connectivity index (χ4v) is 1.48. The first kappa shape index (κ1) is 8.85. The quantitative estimate of drug-likeness (QED) is 0.790. The van der Waals surface area contributed by atoms with Gasteiger partial charge in [0.05, 0.1) is 6.10 Å². The molecule has 0 saturated heterocycles. The second kappa shape index (κ2) is 3.56. The zero-order valence-corrected chi connectivity index (χ0v) is 7.87. The SMILES string of the molecule is OC1CCC1Oc1cccc(Cl)c1. The topological polar surface area (TPSA) is 29.5 Å². The van der Waals surface area contributed by atoms with Crippen molar-refractivity contribution >= 4 is 11.6 Å². The maximum Gasteiger partial charge on any atom is 0.125 e. The molecule has 1 aliphatic rings. The number of hydrogen-bond acceptors (Lipinski definition) is 2. The molecule has 0 aromatic heterocycles. The fraction of sp³-hybridized carbons (Fsp3) is 0.400. The molecule has 1 aromatic rings. The average molecular weight is 199 g/mol. The third-order valence-corrected chi connectivity index (χ3v) is 2.49. The lowest BCUT2D eigenvalue weighted by Crippen LogP contribution is -2.41. The summed E-state index contributed by atoms with van der Waals surface area (Å²) in [5.74, 6) is 0.733. The number of aliphatic hydroxyl groups excluding tert-OH is 1. The molecule has 1 aromatic carbocycles. The van der Waals surface area contributed by atoms with Crippen molar-refractivity contribution in [2.75, 3.05) is 0 Å². The summed E-state index contributed by atoms with van der Waals surface area (Å²) in [4.78, 5) is 0. The van der Waals surface area contributed by atoms with Crippen LogP contribution in [-0.4, -0.2) is 17.3 Å². The first-order valence-electron chi connectivity index (χ1n) is 4.36. The lowest BCUT2D eigenvalue weighted by molar-refractivity contribution is -0.0361. The molecule has 2 unspecified atom stereocenters. The monoisotopic (exact) mass is 198 g/mol. The van der Waals surface area contributed by atoms with Crippen molar-refractivity contribution in [1.82, 2.24) is 0 Å². The highest BCUT2D eigenvalue weighted by molar-refractivity contribution is 6.30. The average Bonchev–Trinajstić information content (AvgIpc) is 2.12. The molecule has 1 saturated carbocycles. The molecular weight excluding hydrogens is 188 g/mol. The van der Waals surface area contributed by atoms with E-state index in [9.17, 15) is 5.11 Å². The first-order valence-corrected chi connectivity index (χ1v) is 4.74. The van der Waals surface area contributed by atoms with Crippen molar-refractivity contribution in [3.8, 4) is 5.75 Å². The molecule has 0 aliphatic heterocycles. The van der Waals surface area contributed by atoms with Gasteiger partial charge in [-0.05, 0) is 31.0 Å². The zero-order chi connectivity index (χ0) is 9.26. The van der Waals surface area contributed by atoms with Gasteiger partial charge in [0.15, 0.2) is 0 Å². The van der Waals surface area contributed by atoms with E-state index in [1.54, 1.807) is 12.1 Å². The molecule has 2 atom stereocenters. The van der Waals surface area contributed by atoms with Crippen LogP contribution in [0.25, 0.3) is 0 Å². The maximum atomic E-state index is 9.28. The summed E-state index contributed by atoms with van der Waals surface area (Å²) in [6.45, 7) is 0. The molecular formula is C10H11ClO2. The highest BCUT2D eigenvalue weighted by Gasteiger charge is 2.30. The van der Waals surface area contributed by atoms with Gasteiger partial charge in [-0.1, -0.05) is 17.7 Å². The number of halogens is 1. The van der Waals surface area contributed by atoms with Crippen LogP contribution in [0.15, 0.2) is 24.3 Å². The van der Waals surface area contributed by atoms with Gasteiger partial charge in [0.25, 0.3) is 0 Å². The van der Waals surface area contributed by atoms with Crippen LogP contribution in [0.4, 0.5) is 0 Å². The molecule has 0 radical (unpaired) electrons. The van der Waals surface area contributed by atoms with Crippen LogP contribution in [0, 0.1) is 0 Å².